The van der Waals surface area contributed by atoms with Crippen LogP contribution in [-0.2, 0) is 16.1 Å². The van der Waals surface area contributed by atoms with Gasteiger partial charge < -0.3 is 15.0 Å². The summed E-state index contributed by atoms with van der Waals surface area (Å²) in [5, 5.41) is 5.11. The zero-order chi connectivity index (χ0) is 19.3. The molecule has 140 valence electrons. The number of carbonyl (C=O) groups is 2. The third-order valence-corrected chi connectivity index (χ3v) is 4.68. The van der Waals surface area contributed by atoms with Crippen LogP contribution in [0.1, 0.15) is 11.1 Å². The van der Waals surface area contributed by atoms with E-state index in [2.05, 4.69) is 17.4 Å². The van der Waals surface area contributed by atoms with Gasteiger partial charge in [0.1, 0.15) is 6.61 Å². The minimum absolute atomic E-state index is 0.191. The monoisotopic (exact) mass is 372 g/mol. The van der Waals surface area contributed by atoms with Gasteiger partial charge in [-0.15, -0.1) is 0 Å². The minimum atomic E-state index is -0.282. The van der Waals surface area contributed by atoms with Crippen molar-refractivity contribution in [2.75, 3.05) is 18.5 Å². The Balaban J connectivity index is 1.39. The first-order chi connectivity index (χ1) is 13.7. The van der Waals surface area contributed by atoms with Crippen LogP contribution >= 0.6 is 0 Å². The van der Waals surface area contributed by atoms with Crippen molar-refractivity contribution in [3.05, 3.63) is 83.9 Å². The highest BCUT2D eigenvalue weighted by Crippen LogP contribution is 2.20. The molecule has 5 heteroatoms. The van der Waals surface area contributed by atoms with Crippen molar-refractivity contribution in [1.82, 2.24) is 4.90 Å². The molecule has 0 radical (unpaired) electrons. The number of amides is 2. The van der Waals surface area contributed by atoms with Crippen LogP contribution in [0.25, 0.3) is 16.8 Å². The lowest BCUT2D eigenvalue weighted by atomic mass is 10.0. The van der Waals surface area contributed by atoms with E-state index in [0.717, 1.165) is 21.9 Å². The molecule has 2 amide bonds. The Morgan fingerprint density at radius 2 is 1.82 bits per heavy atom. The summed E-state index contributed by atoms with van der Waals surface area (Å²) in [5.41, 5.74) is 2.70. The van der Waals surface area contributed by atoms with E-state index in [0.29, 0.717) is 25.4 Å². The maximum absolute atomic E-state index is 12.3. The molecule has 0 spiro atoms. The van der Waals surface area contributed by atoms with Crippen LogP contribution in [0.15, 0.2) is 72.8 Å². The van der Waals surface area contributed by atoms with Crippen LogP contribution in [-0.4, -0.2) is 30.1 Å². The van der Waals surface area contributed by atoms with E-state index in [1.807, 2.05) is 60.7 Å². The zero-order valence-electron chi connectivity index (χ0n) is 15.3. The second-order valence-electron chi connectivity index (χ2n) is 6.62. The van der Waals surface area contributed by atoms with E-state index in [-0.39, 0.29) is 12.0 Å². The minimum Gasteiger partial charge on any atom is -0.448 e. The number of hydrogen-bond acceptors (Lipinski definition) is 3. The fraction of sp³-hybridized carbons (Fsp3) is 0.130. The van der Waals surface area contributed by atoms with E-state index in [1.54, 1.807) is 4.90 Å². The summed E-state index contributed by atoms with van der Waals surface area (Å²) in [6, 6.07) is 21.6. The number of hydrogen-bond donors (Lipinski definition) is 1. The molecule has 1 aliphatic rings. The molecule has 0 atom stereocenters. The van der Waals surface area contributed by atoms with E-state index in [4.69, 9.17) is 4.74 Å². The zero-order valence-corrected chi connectivity index (χ0v) is 15.3. The number of rotatable bonds is 5. The number of fused-ring (bicyclic) bond motifs is 1. The predicted octanol–water partition coefficient (Wildman–Crippen LogP) is 4.44. The summed E-state index contributed by atoms with van der Waals surface area (Å²) >= 11 is 0. The average Bonchev–Trinajstić information content (AvgIpc) is 3.12. The van der Waals surface area contributed by atoms with Crippen LogP contribution in [0.5, 0.6) is 0 Å². The van der Waals surface area contributed by atoms with Crippen molar-refractivity contribution in [3.8, 4) is 0 Å². The average molecular weight is 372 g/mol. The summed E-state index contributed by atoms with van der Waals surface area (Å²) in [5.74, 6) is -0.191. The Bertz CT molecular complexity index is 1040. The third kappa shape index (κ3) is 4.04. The van der Waals surface area contributed by atoms with Crippen LogP contribution < -0.4 is 5.32 Å². The number of cyclic esters (lactones) is 1. The molecule has 1 N–H and O–H groups in total. The molecule has 3 aromatic carbocycles. The lowest BCUT2D eigenvalue weighted by molar-refractivity contribution is -0.111. The van der Waals surface area contributed by atoms with Gasteiger partial charge in [0.15, 0.2) is 0 Å². The Morgan fingerprint density at radius 1 is 1.04 bits per heavy atom. The van der Waals surface area contributed by atoms with Crippen molar-refractivity contribution < 1.29 is 14.3 Å². The van der Waals surface area contributed by atoms with E-state index in [9.17, 15) is 9.59 Å². The van der Waals surface area contributed by atoms with Crippen LogP contribution in [0, 0.1) is 0 Å². The van der Waals surface area contributed by atoms with Crippen molar-refractivity contribution in [1.29, 1.82) is 0 Å². The largest absolute Gasteiger partial charge is 0.448 e. The van der Waals surface area contributed by atoms with Crippen LogP contribution in [0.4, 0.5) is 10.5 Å². The maximum Gasteiger partial charge on any atom is 0.410 e. The van der Waals surface area contributed by atoms with Gasteiger partial charge in [-0.2, -0.15) is 0 Å². The molecule has 0 aromatic heterocycles. The molecule has 1 aliphatic heterocycles. The third-order valence-electron chi connectivity index (χ3n) is 4.68. The molecule has 1 fully saturated rings. The Kier molecular flexibility index (Phi) is 5.06. The van der Waals surface area contributed by atoms with Crippen molar-refractivity contribution >= 4 is 34.5 Å². The number of benzene rings is 3. The summed E-state index contributed by atoms with van der Waals surface area (Å²) < 4.78 is 4.93. The normalized spacial score (nSPS) is 13.9. The van der Waals surface area contributed by atoms with Gasteiger partial charge in [0.05, 0.1) is 6.54 Å². The van der Waals surface area contributed by atoms with E-state index < -0.39 is 0 Å². The Labute approximate surface area is 163 Å². The molecule has 28 heavy (non-hydrogen) atoms. The Hall–Kier alpha value is -3.60. The first-order valence-electron chi connectivity index (χ1n) is 9.16. The first-order valence-corrected chi connectivity index (χ1v) is 9.16. The number of nitrogens with one attached hydrogen (secondary N) is 1. The lowest BCUT2D eigenvalue weighted by Gasteiger charge is -2.12. The first kappa shape index (κ1) is 17.8. The van der Waals surface area contributed by atoms with Gasteiger partial charge in [0.2, 0.25) is 5.91 Å². The topological polar surface area (TPSA) is 58.6 Å². The molecule has 0 saturated carbocycles. The van der Waals surface area contributed by atoms with Crippen molar-refractivity contribution in [2.24, 2.45) is 0 Å². The fourth-order valence-corrected chi connectivity index (χ4v) is 3.23. The summed E-state index contributed by atoms with van der Waals surface area (Å²) in [4.78, 5) is 25.4. The highest BCUT2D eigenvalue weighted by Gasteiger charge is 2.21. The second kappa shape index (κ2) is 7.96. The van der Waals surface area contributed by atoms with Gasteiger partial charge in [-0.05, 0) is 40.1 Å². The number of nitrogens with zero attached hydrogens (tertiary/aromatic N) is 1. The van der Waals surface area contributed by atoms with Gasteiger partial charge in [0, 0.05) is 18.3 Å². The molecular formula is C23H20N2O3. The molecule has 4 rings (SSSR count). The fourth-order valence-electron chi connectivity index (χ4n) is 3.23. The molecule has 1 heterocycles. The molecule has 3 aromatic rings. The predicted molar refractivity (Wildman–Crippen MR) is 110 cm³/mol. The van der Waals surface area contributed by atoms with Gasteiger partial charge >= 0.3 is 6.09 Å². The smallest absolute Gasteiger partial charge is 0.410 e. The van der Waals surface area contributed by atoms with Gasteiger partial charge in [-0.1, -0.05) is 54.6 Å². The summed E-state index contributed by atoms with van der Waals surface area (Å²) in [6.07, 6.45) is 3.08. The van der Waals surface area contributed by atoms with Gasteiger partial charge in [0.25, 0.3) is 0 Å². The summed E-state index contributed by atoms with van der Waals surface area (Å²) in [7, 11) is 0. The van der Waals surface area contributed by atoms with Crippen molar-refractivity contribution in [3.63, 3.8) is 0 Å². The molecule has 5 nitrogen and oxygen atoms in total. The van der Waals surface area contributed by atoms with E-state index >= 15 is 0 Å². The molecule has 0 bridgehead atoms. The number of anilines is 1. The van der Waals surface area contributed by atoms with Gasteiger partial charge in [-0.3, -0.25) is 4.79 Å². The van der Waals surface area contributed by atoms with Crippen LogP contribution in [0.2, 0.25) is 0 Å². The Morgan fingerprint density at radius 3 is 2.61 bits per heavy atom. The standard InChI is InChI=1S/C23H20N2O3/c26-22(13-10-19-6-3-5-18-4-1-2-7-21(18)19)24-20-11-8-17(9-12-20)16-25-14-15-28-23(25)27/h1-13H,14-16H2,(H,24,26). The number of carbonyl (C=O) groups excluding carboxylic acids is 2. The quantitative estimate of drug-likeness (QED) is 0.674. The van der Waals surface area contributed by atoms with Crippen LogP contribution in [0.3, 0.4) is 0 Å². The van der Waals surface area contributed by atoms with Crippen molar-refractivity contribution in [2.45, 2.75) is 6.54 Å². The summed E-state index contributed by atoms with van der Waals surface area (Å²) in [6.45, 7) is 1.56. The highest BCUT2D eigenvalue weighted by molar-refractivity contribution is 6.03. The highest BCUT2D eigenvalue weighted by atomic mass is 16.6. The SMILES string of the molecule is O=C(C=Cc1cccc2ccccc12)Nc1ccc(CN2CCOC2=O)cc1. The molecule has 0 aliphatic carbocycles. The maximum atomic E-state index is 12.3. The second-order valence-corrected chi connectivity index (χ2v) is 6.62. The molecule has 0 unspecified atom stereocenters. The number of ether oxygens (including phenoxy) is 1. The van der Waals surface area contributed by atoms with E-state index in [1.165, 1.54) is 6.08 Å². The lowest BCUT2D eigenvalue weighted by Crippen LogP contribution is -2.23. The molecule has 1 saturated heterocycles. The van der Waals surface area contributed by atoms with Gasteiger partial charge in [-0.25, -0.2) is 4.79 Å². The molecular weight excluding hydrogens is 352 g/mol.